The topological polar surface area (TPSA) is 8.17 Å². The lowest BCUT2D eigenvalue weighted by atomic mass is 9.79. The molecular formula is C50H42N2S. The second kappa shape index (κ2) is 12.5. The molecule has 2 nitrogen and oxygen atoms in total. The number of fused-ring (bicyclic) bond motifs is 5. The highest BCUT2D eigenvalue weighted by atomic mass is 32.1. The van der Waals surface area contributed by atoms with E-state index in [1.54, 1.807) is 0 Å². The molecule has 2 aromatic heterocycles. The summed E-state index contributed by atoms with van der Waals surface area (Å²) in [5.41, 5.74) is 15.4. The van der Waals surface area contributed by atoms with Crippen molar-refractivity contribution in [3.05, 3.63) is 190 Å². The molecule has 0 saturated heterocycles. The molecule has 10 rings (SSSR count). The highest BCUT2D eigenvalue weighted by Crippen LogP contribution is 2.50. The molecule has 0 amide bonds. The van der Waals surface area contributed by atoms with Gasteiger partial charge in [-0.05, 0) is 106 Å². The van der Waals surface area contributed by atoms with Gasteiger partial charge in [0.25, 0.3) is 0 Å². The quantitative estimate of drug-likeness (QED) is 0.167. The van der Waals surface area contributed by atoms with Crippen LogP contribution >= 0.6 is 11.3 Å². The Labute approximate surface area is 316 Å². The van der Waals surface area contributed by atoms with Gasteiger partial charge in [-0.2, -0.15) is 0 Å². The molecule has 53 heavy (non-hydrogen) atoms. The summed E-state index contributed by atoms with van der Waals surface area (Å²) in [5.74, 6) is 0.956. The number of hydrogen-bond donors (Lipinski definition) is 0. The Bertz CT molecular complexity index is 2640. The van der Waals surface area contributed by atoms with Crippen LogP contribution in [0.15, 0.2) is 169 Å². The SMILES string of the molecule is CC1C=CC=C(c2ccc(N(C3=CCC(c4ccccc4)C=C3)c3ccc(-c4ccc5c(c4)c4cccc6c4n5-c4ccsc4C6(C)C)cc3)cc2)C1. The Hall–Kier alpha value is -5.64. The van der Waals surface area contributed by atoms with E-state index in [1.165, 1.54) is 77.1 Å². The van der Waals surface area contributed by atoms with E-state index in [-0.39, 0.29) is 5.41 Å². The van der Waals surface area contributed by atoms with Crippen LogP contribution in [-0.4, -0.2) is 4.57 Å². The van der Waals surface area contributed by atoms with E-state index >= 15 is 0 Å². The number of benzene rings is 5. The summed E-state index contributed by atoms with van der Waals surface area (Å²) >= 11 is 1.87. The van der Waals surface area contributed by atoms with Gasteiger partial charge in [0.2, 0.25) is 0 Å². The van der Waals surface area contributed by atoms with Gasteiger partial charge in [-0.15, -0.1) is 11.3 Å². The lowest BCUT2D eigenvalue weighted by Crippen LogP contribution is -2.24. The molecule has 0 spiro atoms. The number of aromatic nitrogens is 1. The molecule has 7 aromatic rings. The number of nitrogens with zero attached hydrogens (tertiary/aromatic N) is 2. The Balaban J connectivity index is 1.02. The Morgan fingerprint density at radius 1 is 0.736 bits per heavy atom. The molecule has 0 N–H and O–H groups in total. The lowest BCUT2D eigenvalue weighted by molar-refractivity contribution is 0.646. The van der Waals surface area contributed by atoms with Crippen LogP contribution in [0.4, 0.5) is 11.4 Å². The molecule has 0 saturated carbocycles. The van der Waals surface area contributed by atoms with Crippen LogP contribution < -0.4 is 4.90 Å². The maximum Gasteiger partial charge on any atom is 0.0610 e. The van der Waals surface area contributed by atoms with Gasteiger partial charge in [-0.1, -0.05) is 130 Å². The Kier molecular flexibility index (Phi) is 7.56. The van der Waals surface area contributed by atoms with Gasteiger partial charge in [-0.3, -0.25) is 0 Å². The second-order valence-corrected chi connectivity index (χ2v) is 16.4. The summed E-state index contributed by atoms with van der Waals surface area (Å²) in [6, 6.07) is 45.4. The van der Waals surface area contributed by atoms with Crippen molar-refractivity contribution < 1.29 is 0 Å². The summed E-state index contributed by atoms with van der Waals surface area (Å²) in [6.07, 6.45) is 15.9. The van der Waals surface area contributed by atoms with Crippen LogP contribution in [-0.2, 0) is 5.41 Å². The highest BCUT2D eigenvalue weighted by molar-refractivity contribution is 7.10. The van der Waals surface area contributed by atoms with Crippen molar-refractivity contribution in [2.75, 3.05) is 4.90 Å². The predicted octanol–water partition coefficient (Wildman–Crippen LogP) is 13.9. The molecule has 0 fully saturated rings. The zero-order chi connectivity index (χ0) is 35.7. The van der Waals surface area contributed by atoms with Gasteiger partial charge >= 0.3 is 0 Å². The first kappa shape index (κ1) is 32.0. The monoisotopic (exact) mass is 702 g/mol. The van der Waals surface area contributed by atoms with E-state index < -0.39 is 0 Å². The third-order valence-electron chi connectivity index (χ3n) is 11.7. The molecule has 258 valence electrons. The first-order valence-corrected chi connectivity index (χ1v) is 19.8. The van der Waals surface area contributed by atoms with Crippen LogP contribution in [0.25, 0.3) is 44.2 Å². The minimum Gasteiger partial charge on any atom is -0.311 e. The highest BCUT2D eigenvalue weighted by Gasteiger charge is 2.36. The average Bonchev–Trinajstić information content (AvgIpc) is 3.83. The summed E-state index contributed by atoms with van der Waals surface area (Å²) in [6.45, 7) is 7.03. The molecule has 2 unspecified atom stereocenters. The van der Waals surface area contributed by atoms with E-state index in [0.29, 0.717) is 11.8 Å². The van der Waals surface area contributed by atoms with Crippen molar-refractivity contribution in [1.29, 1.82) is 0 Å². The maximum absolute atomic E-state index is 2.50. The number of thiophene rings is 1. The van der Waals surface area contributed by atoms with Crippen molar-refractivity contribution in [1.82, 2.24) is 4.57 Å². The fourth-order valence-corrected chi connectivity index (χ4v) is 9.94. The van der Waals surface area contributed by atoms with Gasteiger partial charge in [0, 0.05) is 44.1 Å². The van der Waals surface area contributed by atoms with Gasteiger partial charge in [0.05, 0.1) is 16.7 Å². The van der Waals surface area contributed by atoms with E-state index in [1.807, 2.05) is 11.3 Å². The van der Waals surface area contributed by atoms with Gasteiger partial charge in [-0.25, -0.2) is 0 Å². The summed E-state index contributed by atoms with van der Waals surface area (Å²) in [5, 5.41) is 4.88. The molecule has 5 aromatic carbocycles. The average molecular weight is 703 g/mol. The normalized spacial score (nSPS) is 18.5. The van der Waals surface area contributed by atoms with Gasteiger partial charge in [0.1, 0.15) is 0 Å². The smallest absolute Gasteiger partial charge is 0.0610 e. The predicted molar refractivity (Wildman–Crippen MR) is 227 cm³/mol. The van der Waals surface area contributed by atoms with Crippen LogP contribution in [0, 0.1) is 5.92 Å². The van der Waals surface area contributed by atoms with Crippen LogP contribution in [0.5, 0.6) is 0 Å². The number of rotatable bonds is 6. The van der Waals surface area contributed by atoms with E-state index in [0.717, 1.165) is 18.5 Å². The molecule has 3 heteroatoms. The molecule has 0 bridgehead atoms. The lowest BCUT2D eigenvalue weighted by Gasteiger charge is -2.32. The summed E-state index contributed by atoms with van der Waals surface area (Å²) < 4.78 is 2.50. The van der Waals surface area contributed by atoms with E-state index in [4.69, 9.17) is 0 Å². The minimum atomic E-state index is -0.0211. The zero-order valence-electron chi connectivity index (χ0n) is 30.5. The molecule has 2 aliphatic carbocycles. The number of hydrogen-bond acceptors (Lipinski definition) is 2. The van der Waals surface area contributed by atoms with Crippen LogP contribution in [0.2, 0.25) is 0 Å². The third-order valence-corrected chi connectivity index (χ3v) is 12.9. The standard InChI is InChI=1S/C50H42N2S/c1-33-9-7-12-38(31-33)36-17-24-41(25-18-36)51(40-22-15-35(16-23-40)34-10-5-4-6-11-34)42-26-19-37(20-27-42)39-21-28-46-44(32-39)43-13-8-14-45-48(43)52(46)47-29-30-53-49(47)50(45,2)3/h4-15,17-30,32-33,35H,16,31H2,1-3H3. The molecule has 3 aliphatic rings. The largest absolute Gasteiger partial charge is 0.311 e. The Morgan fingerprint density at radius 3 is 2.23 bits per heavy atom. The molecule has 0 radical (unpaired) electrons. The Morgan fingerprint density at radius 2 is 1.49 bits per heavy atom. The van der Waals surface area contributed by atoms with Gasteiger partial charge < -0.3 is 9.47 Å². The number of allylic oxidation sites excluding steroid dienone is 7. The van der Waals surface area contributed by atoms with Crippen molar-refractivity contribution in [3.8, 4) is 16.8 Å². The van der Waals surface area contributed by atoms with Crippen LogP contribution in [0.3, 0.4) is 0 Å². The minimum absolute atomic E-state index is 0.0211. The summed E-state index contributed by atoms with van der Waals surface area (Å²) in [4.78, 5) is 3.85. The fourth-order valence-electron chi connectivity index (χ4n) is 8.93. The van der Waals surface area contributed by atoms with Gasteiger partial charge in [0.15, 0.2) is 0 Å². The zero-order valence-corrected chi connectivity index (χ0v) is 31.3. The third kappa shape index (κ3) is 5.29. The fraction of sp³-hybridized carbons (Fsp3) is 0.160. The molecule has 1 aliphatic heterocycles. The molecule has 2 atom stereocenters. The van der Waals surface area contributed by atoms with Crippen molar-refractivity contribution in [2.24, 2.45) is 5.92 Å². The van der Waals surface area contributed by atoms with E-state index in [9.17, 15) is 0 Å². The number of anilines is 2. The maximum atomic E-state index is 2.50. The number of para-hydroxylation sites is 1. The van der Waals surface area contributed by atoms with Crippen molar-refractivity contribution >= 4 is 50.1 Å². The van der Waals surface area contributed by atoms with Crippen molar-refractivity contribution in [3.63, 3.8) is 0 Å². The molecule has 3 heterocycles. The first-order chi connectivity index (χ1) is 25.9. The first-order valence-electron chi connectivity index (χ1n) is 18.9. The van der Waals surface area contributed by atoms with E-state index in [2.05, 4.69) is 193 Å². The summed E-state index contributed by atoms with van der Waals surface area (Å²) in [7, 11) is 0. The van der Waals surface area contributed by atoms with Crippen LogP contribution in [0.1, 0.15) is 61.1 Å². The molecular weight excluding hydrogens is 661 g/mol. The van der Waals surface area contributed by atoms with Crippen molar-refractivity contribution in [2.45, 2.75) is 44.9 Å². The second-order valence-electron chi connectivity index (χ2n) is 15.5.